The lowest BCUT2D eigenvalue weighted by Gasteiger charge is -2.16. The molecule has 0 atom stereocenters. The summed E-state index contributed by atoms with van der Waals surface area (Å²) in [5.74, 6) is 0.823. The Labute approximate surface area is 126 Å². The third kappa shape index (κ3) is 5.12. The molecule has 1 N–H and O–H groups in total. The minimum Gasteiger partial charge on any atom is -0.396 e. The zero-order chi connectivity index (χ0) is 13.8. The third-order valence-corrected chi connectivity index (χ3v) is 6.09. The van der Waals surface area contributed by atoms with E-state index in [1.165, 1.54) is 0 Å². The van der Waals surface area contributed by atoms with E-state index in [2.05, 4.69) is 56.5 Å². The molecule has 1 aromatic heterocycles. The number of ether oxygens (including phenoxy) is 1. The van der Waals surface area contributed by atoms with Gasteiger partial charge in [-0.25, -0.2) is 4.98 Å². The standard InChI is InChI=1S/C11H20Br2N2O2Si/c1-18(2,3)7-6-17-8-15-9(4-5-16)14-10(12)11(15)13/h16H,4-8H2,1-3H3. The van der Waals surface area contributed by atoms with Crippen molar-refractivity contribution in [3.8, 4) is 0 Å². The molecule has 0 saturated carbocycles. The SMILES string of the molecule is C[Si](C)(C)CCOCn1c(CCO)nc(Br)c1Br. The lowest BCUT2D eigenvalue weighted by molar-refractivity contribution is 0.0831. The first-order valence-corrected chi connectivity index (χ1v) is 11.2. The molecule has 0 bridgehead atoms. The van der Waals surface area contributed by atoms with Gasteiger partial charge in [0.1, 0.15) is 21.8 Å². The van der Waals surface area contributed by atoms with Gasteiger partial charge in [0.2, 0.25) is 0 Å². The van der Waals surface area contributed by atoms with E-state index in [0.29, 0.717) is 13.2 Å². The molecule has 18 heavy (non-hydrogen) atoms. The first-order valence-electron chi connectivity index (χ1n) is 5.94. The second-order valence-corrected chi connectivity index (χ2v) is 12.5. The van der Waals surface area contributed by atoms with Crippen molar-refractivity contribution in [2.75, 3.05) is 13.2 Å². The molecule has 7 heteroatoms. The van der Waals surface area contributed by atoms with Crippen LogP contribution in [0.15, 0.2) is 9.21 Å². The van der Waals surface area contributed by atoms with E-state index in [1.54, 1.807) is 0 Å². The van der Waals surface area contributed by atoms with Crippen LogP contribution in [0, 0.1) is 0 Å². The van der Waals surface area contributed by atoms with Gasteiger partial charge in [-0.05, 0) is 37.9 Å². The molecule has 0 aliphatic heterocycles. The normalized spacial score (nSPS) is 12.1. The van der Waals surface area contributed by atoms with Crippen LogP contribution in [-0.2, 0) is 17.9 Å². The highest BCUT2D eigenvalue weighted by molar-refractivity contribution is 9.13. The largest absolute Gasteiger partial charge is 0.396 e. The first-order chi connectivity index (χ1) is 8.35. The first kappa shape index (κ1) is 16.4. The molecular weight excluding hydrogens is 380 g/mol. The minimum atomic E-state index is -1.04. The molecule has 0 unspecified atom stereocenters. The van der Waals surface area contributed by atoms with Crippen LogP contribution in [0.5, 0.6) is 0 Å². The van der Waals surface area contributed by atoms with Gasteiger partial charge in [-0.1, -0.05) is 19.6 Å². The van der Waals surface area contributed by atoms with Gasteiger partial charge in [-0.15, -0.1) is 0 Å². The smallest absolute Gasteiger partial charge is 0.139 e. The molecule has 0 fully saturated rings. The summed E-state index contributed by atoms with van der Waals surface area (Å²) >= 11 is 6.83. The average Bonchev–Trinajstić information content (AvgIpc) is 2.50. The van der Waals surface area contributed by atoms with Crippen LogP contribution < -0.4 is 0 Å². The fraction of sp³-hybridized carbons (Fsp3) is 0.727. The van der Waals surface area contributed by atoms with Gasteiger partial charge in [0, 0.05) is 21.1 Å². The van der Waals surface area contributed by atoms with Crippen molar-refractivity contribution >= 4 is 39.9 Å². The monoisotopic (exact) mass is 398 g/mol. The lowest BCUT2D eigenvalue weighted by Crippen LogP contribution is -2.22. The Kier molecular flexibility index (Phi) is 6.53. The molecule has 0 aliphatic rings. The van der Waals surface area contributed by atoms with Crippen LogP contribution in [0.4, 0.5) is 0 Å². The Morgan fingerprint density at radius 3 is 2.56 bits per heavy atom. The maximum atomic E-state index is 9.00. The quantitative estimate of drug-likeness (QED) is 0.565. The highest BCUT2D eigenvalue weighted by atomic mass is 79.9. The Hall–Kier alpha value is 0.307. The Balaban J connectivity index is 2.55. The molecule has 0 radical (unpaired) electrons. The highest BCUT2D eigenvalue weighted by Crippen LogP contribution is 2.24. The van der Waals surface area contributed by atoms with E-state index in [4.69, 9.17) is 9.84 Å². The number of aliphatic hydroxyl groups excluding tert-OH is 1. The number of imidazole rings is 1. The molecule has 104 valence electrons. The Morgan fingerprint density at radius 2 is 2.00 bits per heavy atom. The Bertz CT molecular complexity index is 391. The number of halogens is 2. The van der Waals surface area contributed by atoms with Gasteiger partial charge in [0.05, 0.1) is 6.61 Å². The third-order valence-electron chi connectivity index (χ3n) is 2.50. The molecule has 1 rings (SSSR count). The Morgan fingerprint density at radius 1 is 1.33 bits per heavy atom. The van der Waals surface area contributed by atoms with Gasteiger partial charge >= 0.3 is 0 Å². The molecule has 1 heterocycles. The second-order valence-electron chi connectivity index (χ2n) is 5.36. The van der Waals surface area contributed by atoms with Crippen LogP contribution in [-0.4, -0.2) is 35.9 Å². The highest BCUT2D eigenvalue weighted by Gasteiger charge is 2.15. The van der Waals surface area contributed by atoms with Gasteiger partial charge in [0.25, 0.3) is 0 Å². The number of aliphatic hydroxyl groups is 1. The second kappa shape index (κ2) is 7.19. The van der Waals surface area contributed by atoms with E-state index in [-0.39, 0.29) is 6.61 Å². The van der Waals surface area contributed by atoms with Crippen LogP contribution >= 0.6 is 31.9 Å². The summed E-state index contributed by atoms with van der Waals surface area (Å²) in [6.07, 6.45) is 0.529. The summed E-state index contributed by atoms with van der Waals surface area (Å²) in [6, 6.07) is 1.15. The molecule has 0 aliphatic carbocycles. The average molecular weight is 400 g/mol. The summed E-state index contributed by atoms with van der Waals surface area (Å²) in [5, 5.41) is 9.00. The van der Waals surface area contributed by atoms with Gasteiger partial charge < -0.3 is 9.84 Å². The predicted octanol–water partition coefficient (Wildman–Crippen LogP) is 3.26. The van der Waals surface area contributed by atoms with Crippen LogP contribution in [0.25, 0.3) is 0 Å². The predicted molar refractivity (Wildman–Crippen MR) is 82.5 cm³/mol. The van der Waals surface area contributed by atoms with Gasteiger partial charge in [-0.2, -0.15) is 0 Å². The summed E-state index contributed by atoms with van der Waals surface area (Å²) in [7, 11) is -1.04. The number of nitrogens with zero attached hydrogens (tertiary/aromatic N) is 2. The maximum Gasteiger partial charge on any atom is 0.139 e. The van der Waals surface area contributed by atoms with E-state index in [1.807, 2.05) is 4.57 Å². The minimum absolute atomic E-state index is 0.0881. The van der Waals surface area contributed by atoms with Crippen LogP contribution in [0.1, 0.15) is 5.82 Å². The van der Waals surface area contributed by atoms with E-state index < -0.39 is 8.07 Å². The molecule has 0 aromatic carbocycles. The molecule has 4 nitrogen and oxygen atoms in total. The fourth-order valence-electron chi connectivity index (χ4n) is 1.40. The van der Waals surface area contributed by atoms with Crippen molar-refractivity contribution in [1.29, 1.82) is 0 Å². The molecule has 0 saturated heterocycles. The molecular formula is C11H20Br2N2O2Si. The maximum absolute atomic E-state index is 9.00. The van der Waals surface area contributed by atoms with Crippen LogP contribution in [0.2, 0.25) is 25.7 Å². The van der Waals surface area contributed by atoms with Crippen molar-refractivity contribution in [2.45, 2.75) is 38.8 Å². The van der Waals surface area contributed by atoms with E-state index in [9.17, 15) is 0 Å². The zero-order valence-electron chi connectivity index (χ0n) is 11.0. The van der Waals surface area contributed by atoms with Gasteiger partial charge in [0.15, 0.2) is 0 Å². The summed E-state index contributed by atoms with van der Waals surface area (Å²) < 4.78 is 9.25. The van der Waals surface area contributed by atoms with Crippen molar-refractivity contribution < 1.29 is 9.84 Å². The van der Waals surface area contributed by atoms with Crippen LogP contribution in [0.3, 0.4) is 0 Å². The zero-order valence-corrected chi connectivity index (χ0v) is 15.2. The number of hydrogen-bond acceptors (Lipinski definition) is 3. The fourth-order valence-corrected chi connectivity index (χ4v) is 2.97. The van der Waals surface area contributed by atoms with Crippen molar-refractivity contribution in [2.24, 2.45) is 0 Å². The molecule has 0 spiro atoms. The van der Waals surface area contributed by atoms with Gasteiger partial charge in [-0.3, -0.25) is 4.57 Å². The summed E-state index contributed by atoms with van der Waals surface area (Å²) in [6.45, 7) is 8.33. The molecule has 1 aromatic rings. The summed E-state index contributed by atoms with van der Waals surface area (Å²) in [4.78, 5) is 4.33. The summed E-state index contributed by atoms with van der Waals surface area (Å²) in [5.41, 5.74) is 0. The van der Waals surface area contributed by atoms with Crippen molar-refractivity contribution in [1.82, 2.24) is 9.55 Å². The number of hydrogen-bond donors (Lipinski definition) is 1. The number of rotatable bonds is 7. The number of aromatic nitrogens is 2. The van der Waals surface area contributed by atoms with E-state index >= 15 is 0 Å². The lowest BCUT2D eigenvalue weighted by atomic mass is 10.4. The topological polar surface area (TPSA) is 47.3 Å². The van der Waals surface area contributed by atoms with Crippen molar-refractivity contribution in [3.63, 3.8) is 0 Å². The molecule has 0 amide bonds. The van der Waals surface area contributed by atoms with Crippen molar-refractivity contribution in [3.05, 3.63) is 15.0 Å². The van der Waals surface area contributed by atoms with E-state index in [0.717, 1.165) is 27.7 Å².